The molecule has 0 aliphatic carbocycles. The number of halogens is 1. The van der Waals surface area contributed by atoms with E-state index in [1.54, 1.807) is 44.1 Å². The molecule has 4 amide bonds. The lowest BCUT2D eigenvalue weighted by Crippen LogP contribution is -2.66. The minimum atomic E-state index is -0.786. The van der Waals surface area contributed by atoms with Gasteiger partial charge in [0.2, 0.25) is 11.8 Å². The number of urea groups is 1. The van der Waals surface area contributed by atoms with E-state index in [0.29, 0.717) is 25.3 Å². The van der Waals surface area contributed by atoms with Gasteiger partial charge < -0.3 is 25.0 Å². The Labute approximate surface area is 279 Å². The molecule has 2 aliphatic heterocycles. The first-order valence-corrected chi connectivity index (χ1v) is 16.3. The Hall–Kier alpha value is -5.00. The SMILES string of the molecule is CCCN(C(=O)NCc1ccc(F)cc1)N1CC(=O)N2[C@@H](Cc3ccc(OCCO)cc3)C(=O)N(Cc3cccc4ccccc34)C[C@@H]21. The summed E-state index contributed by atoms with van der Waals surface area (Å²) in [7, 11) is 0. The third-order valence-corrected chi connectivity index (χ3v) is 8.86. The molecule has 0 bridgehead atoms. The van der Waals surface area contributed by atoms with E-state index < -0.39 is 12.2 Å². The normalized spacial score (nSPS) is 17.9. The number of piperazine rings is 1. The molecule has 2 saturated heterocycles. The third kappa shape index (κ3) is 7.12. The predicted molar refractivity (Wildman–Crippen MR) is 179 cm³/mol. The molecule has 4 aromatic rings. The molecular weight excluding hydrogens is 613 g/mol. The van der Waals surface area contributed by atoms with E-state index in [2.05, 4.69) is 5.32 Å². The second kappa shape index (κ2) is 14.8. The van der Waals surface area contributed by atoms with Crippen LogP contribution < -0.4 is 10.1 Å². The van der Waals surface area contributed by atoms with Crippen LogP contribution in [0.3, 0.4) is 0 Å². The molecule has 2 atom stereocenters. The van der Waals surface area contributed by atoms with Crippen molar-refractivity contribution in [1.82, 2.24) is 25.1 Å². The summed E-state index contributed by atoms with van der Waals surface area (Å²) in [6, 6.07) is 26.2. The zero-order valence-electron chi connectivity index (χ0n) is 26.9. The topological polar surface area (TPSA) is 106 Å². The third-order valence-electron chi connectivity index (χ3n) is 8.86. The van der Waals surface area contributed by atoms with Crippen LogP contribution in [0.4, 0.5) is 9.18 Å². The second-order valence-electron chi connectivity index (χ2n) is 12.1. The van der Waals surface area contributed by atoms with E-state index in [9.17, 15) is 18.8 Å². The number of nitrogens with one attached hydrogen (secondary N) is 1. The molecule has 11 heteroatoms. The van der Waals surface area contributed by atoms with Gasteiger partial charge in [-0.2, -0.15) is 5.01 Å². The van der Waals surface area contributed by atoms with Crippen LogP contribution in [0.1, 0.15) is 30.0 Å². The number of carbonyl (C=O) groups is 3. The maximum Gasteiger partial charge on any atom is 0.332 e. The molecule has 0 aromatic heterocycles. The number of fused-ring (bicyclic) bond motifs is 2. The Bertz CT molecular complexity index is 1750. The van der Waals surface area contributed by atoms with Gasteiger partial charge >= 0.3 is 6.03 Å². The van der Waals surface area contributed by atoms with Gasteiger partial charge in [0.25, 0.3) is 0 Å². The van der Waals surface area contributed by atoms with Crippen LogP contribution >= 0.6 is 0 Å². The maximum atomic E-state index is 14.3. The van der Waals surface area contributed by atoms with Gasteiger partial charge in [-0.1, -0.05) is 73.7 Å². The molecular formula is C37H40FN5O5. The first-order chi connectivity index (χ1) is 23.4. The van der Waals surface area contributed by atoms with Crippen molar-refractivity contribution in [3.05, 3.63) is 114 Å². The lowest BCUT2D eigenvalue weighted by atomic mass is 9.99. The lowest BCUT2D eigenvalue weighted by Gasteiger charge is -2.46. The minimum Gasteiger partial charge on any atom is -0.491 e. The smallest absolute Gasteiger partial charge is 0.332 e. The molecule has 2 heterocycles. The summed E-state index contributed by atoms with van der Waals surface area (Å²) < 4.78 is 18.9. The Balaban J connectivity index is 1.29. The summed E-state index contributed by atoms with van der Waals surface area (Å²) in [5, 5.41) is 17.5. The summed E-state index contributed by atoms with van der Waals surface area (Å²) in [6.45, 7) is 3.13. The van der Waals surface area contributed by atoms with Crippen LogP contribution in [-0.4, -0.2) is 87.8 Å². The van der Waals surface area contributed by atoms with Gasteiger partial charge in [-0.05, 0) is 58.1 Å². The zero-order chi connectivity index (χ0) is 33.6. The Morgan fingerprint density at radius 1 is 0.979 bits per heavy atom. The van der Waals surface area contributed by atoms with Gasteiger partial charge in [0, 0.05) is 26.1 Å². The van der Waals surface area contributed by atoms with Crippen molar-refractivity contribution in [3.63, 3.8) is 0 Å². The van der Waals surface area contributed by atoms with Crippen molar-refractivity contribution in [2.24, 2.45) is 0 Å². The summed E-state index contributed by atoms with van der Waals surface area (Å²) in [5.41, 5.74) is 2.60. The monoisotopic (exact) mass is 653 g/mol. The molecule has 2 aliphatic rings. The largest absolute Gasteiger partial charge is 0.491 e. The molecule has 48 heavy (non-hydrogen) atoms. The highest BCUT2D eigenvalue weighted by Gasteiger charge is 2.52. The van der Waals surface area contributed by atoms with Crippen LogP contribution in [-0.2, 0) is 29.1 Å². The first-order valence-electron chi connectivity index (χ1n) is 16.3. The minimum absolute atomic E-state index is 0.0472. The van der Waals surface area contributed by atoms with E-state index in [1.165, 1.54) is 12.1 Å². The number of amides is 4. The standard InChI is InChI=1S/C37H40FN5O5/c1-2-18-41(37(47)39-22-27-10-14-30(38)15-11-27)42-25-35(45)43-33(21-26-12-16-31(17-13-26)48-20-19-44)36(46)40(24-34(42)43)23-29-8-5-7-28-6-3-4-9-32(28)29/h3-17,33-34,44H,2,18-25H2,1H3,(H,39,47)/t33-,34+/m0/s1. The van der Waals surface area contributed by atoms with Crippen molar-refractivity contribution in [3.8, 4) is 5.75 Å². The van der Waals surface area contributed by atoms with Crippen molar-refractivity contribution in [2.75, 3.05) is 32.8 Å². The Morgan fingerprint density at radius 2 is 1.71 bits per heavy atom. The number of carbonyl (C=O) groups excluding carboxylic acids is 3. The number of hydrogen-bond donors (Lipinski definition) is 2. The Kier molecular flexibility index (Phi) is 10.2. The number of ether oxygens (including phenoxy) is 1. The van der Waals surface area contributed by atoms with Gasteiger partial charge in [0.05, 0.1) is 19.7 Å². The zero-order valence-corrected chi connectivity index (χ0v) is 26.9. The highest BCUT2D eigenvalue weighted by molar-refractivity contribution is 5.92. The molecule has 2 fully saturated rings. The predicted octanol–water partition coefficient (Wildman–Crippen LogP) is 4.31. The average molecular weight is 654 g/mol. The van der Waals surface area contributed by atoms with Gasteiger partial charge in [-0.3, -0.25) is 14.6 Å². The molecule has 6 rings (SSSR count). The van der Waals surface area contributed by atoms with Crippen LogP contribution in [0, 0.1) is 5.82 Å². The quantitative estimate of drug-likeness (QED) is 0.236. The molecule has 10 nitrogen and oxygen atoms in total. The Morgan fingerprint density at radius 3 is 2.46 bits per heavy atom. The molecule has 0 spiro atoms. The number of benzene rings is 4. The molecule has 4 aromatic carbocycles. The molecule has 0 saturated carbocycles. The van der Waals surface area contributed by atoms with Gasteiger partial charge in [0.15, 0.2) is 0 Å². The van der Waals surface area contributed by atoms with E-state index in [1.807, 2.05) is 61.5 Å². The fourth-order valence-corrected chi connectivity index (χ4v) is 6.56. The molecule has 0 unspecified atom stereocenters. The summed E-state index contributed by atoms with van der Waals surface area (Å²) in [6.07, 6.45) is 0.366. The number of rotatable bonds is 12. The highest BCUT2D eigenvalue weighted by Crippen LogP contribution is 2.31. The number of aliphatic hydroxyl groups is 1. The van der Waals surface area contributed by atoms with Gasteiger partial charge in [-0.25, -0.2) is 9.18 Å². The van der Waals surface area contributed by atoms with Crippen molar-refractivity contribution < 1.29 is 28.6 Å². The van der Waals surface area contributed by atoms with Crippen molar-refractivity contribution >= 4 is 28.6 Å². The lowest BCUT2D eigenvalue weighted by molar-refractivity contribution is -0.157. The number of nitrogens with zero attached hydrogens (tertiary/aromatic N) is 4. The first kappa shape index (κ1) is 32.9. The molecule has 0 radical (unpaired) electrons. The van der Waals surface area contributed by atoms with E-state index in [0.717, 1.165) is 27.5 Å². The number of hydrogen-bond acceptors (Lipinski definition) is 6. The molecule has 250 valence electrons. The fourth-order valence-electron chi connectivity index (χ4n) is 6.56. The summed E-state index contributed by atoms with van der Waals surface area (Å²) in [4.78, 5) is 45.2. The van der Waals surface area contributed by atoms with Crippen molar-refractivity contribution in [1.29, 1.82) is 0 Å². The second-order valence-corrected chi connectivity index (χ2v) is 12.1. The fraction of sp³-hybridized carbons (Fsp3) is 0.324. The van der Waals surface area contributed by atoms with Crippen LogP contribution in [0.15, 0.2) is 91.0 Å². The van der Waals surface area contributed by atoms with Crippen LogP contribution in [0.2, 0.25) is 0 Å². The van der Waals surface area contributed by atoms with Crippen LogP contribution in [0.25, 0.3) is 10.8 Å². The maximum absolute atomic E-state index is 14.3. The highest BCUT2D eigenvalue weighted by atomic mass is 19.1. The van der Waals surface area contributed by atoms with Gasteiger partial charge in [-0.15, -0.1) is 0 Å². The van der Waals surface area contributed by atoms with E-state index >= 15 is 0 Å². The summed E-state index contributed by atoms with van der Waals surface area (Å²) in [5.74, 6) is -0.131. The molecule has 2 N–H and O–H groups in total. The van der Waals surface area contributed by atoms with E-state index in [-0.39, 0.29) is 62.9 Å². The van der Waals surface area contributed by atoms with Crippen LogP contribution in [0.5, 0.6) is 5.75 Å². The van der Waals surface area contributed by atoms with Crippen molar-refractivity contribution in [2.45, 2.75) is 45.1 Å². The van der Waals surface area contributed by atoms with Gasteiger partial charge in [0.1, 0.15) is 30.4 Å². The number of hydrazine groups is 1. The average Bonchev–Trinajstić information content (AvgIpc) is 3.43. The summed E-state index contributed by atoms with van der Waals surface area (Å²) >= 11 is 0. The number of aliphatic hydroxyl groups excluding tert-OH is 1. The van der Waals surface area contributed by atoms with E-state index in [4.69, 9.17) is 9.84 Å².